The van der Waals surface area contributed by atoms with E-state index in [0.717, 1.165) is 61.2 Å². The predicted octanol–water partition coefficient (Wildman–Crippen LogP) is 2.83. The van der Waals surface area contributed by atoms with E-state index in [1.54, 1.807) is 0 Å². The zero-order valence-electron chi connectivity index (χ0n) is 16.7. The third-order valence-electron chi connectivity index (χ3n) is 5.38. The monoisotopic (exact) mass is 393 g/mol. The van der Waals surface area contributed by atoms with Gasteiger partial charge in [0.1, 0.15) is 0 Å². The van der Waals surface area contributed by atoms with Crippen LogP contribution in [-0.4, -0.2) is 28.3 Å². The van der Waals surface area contributed by atoms with E-state index >= 15 is 0 Å². The Morgan fingerprint density at radius 3 is 2.62 bits per heavy atom. The maximum atomic E-state index is 11.9. The summed E-state index contributed by atoms with van der Waals surface area (Å²) in [6, 6.07) is 7.88. The summed E-state index contributed by atoms with van der Waals surface area (Å²) >= 11 is 0. The lowest BCUT2D eigenvalue weighted by Gasteiger charge is -2.14. The molecule has 0 saturated heterocycles. The quantitative estimate of drug-likeness (QED) is 0.607. The van der Waals surface area contributed by atoms with Gasteiger partial charge in [-0.25, -0.2) is 9.97 Å². The highest BCUT2D eigenvalue weighted by Crippen LogP contribution is 2.41. The molecule has 2 aliphatic carbocycles. The first kappa shape index (κ1) is 19.4. The number of hydrogen-bond donors (Lipinski definition) is 3. The summed E-state index contributed by atoms with van der Waals surface area (Å²) in [5.41, 5.74) is 9.47. The summed E-state index contributed by atoms with van der Waals surface area (Å²) in [6.45, 7) is 2.63. The van der Waals surface area contributed by atoms with Crippen molar-refractivity contribution in [2.24, 2.45) is 11.7 Å². The highest BCUT2D eigenvalue weighted by molar-refractivity contribution is 5.96. The minimum atomic E-state index is -0.587. The van der Waals surface area contributed by atoms with E-state index in [-0.39, 0.29) is 17.5 Å². The molecule has 4 rings (SSSR count). The highest BCUT2D eigenvalue weighted by Gasteiger charge is 2.30. The van der Waals surface area contributed by atoms with E-state index in [1.807, 2.05) is 31.2 Å². The van der Waals surface area contributed by atoms with Crippen LogP contribution in [0.5, 0.6) is 0 Å². The van der Waals surface area contributed by atoms with Gasteiger partial charge in [-0.2, -0.15) is 0 Å². The van der Waals surface area contributed by atoms with Gasteiger partial charge in [0.25, 0.3) is 5.91 Å². The number of anilines is 2. The molecule has 2 fully saturated rings. The highest BCUT2D eigenvalue weighted by atomic mass is 16.2. The third-order valence-corrected chi connectivity index (χ3v) is 5.38. The Hall–Kier alpha value is -2.96. The molecule has 0 unspecified atom stereocenters. The molecule has 0 bridgehead atoms. The number of carbonyl (C=O) groups is 2. The van der Waals surface area contributed by atoms with Crippen LogP contribution in [-0.2, 0) is 17.6 Å². The van der Waals surface area contributed by atoms with Crippen molar-refractivity contribution in [1.82, 2.24) is 15.3 Å². The molecule has 1 aromatic heterocycles. The molecule has 0 atom stereocenters. The van der Waals surface area contributed by atoms with Gasteiger partial charge in [0.15, 0.2) is 11.5 Å². The van der Waals surface area contributed by atoms with Crippen LogP contribution in [0.15, 0.2) is 24.3 Å². The summed E-state index contributed by atoms with van der Waals surface area (Å²) in [6.07, 6.45) is 5.70. The van der Waals surface area contributed by atoms with Gasteiger partial charge in [-0.3, -0.25) is 9.59 Å². The van der Waals surface area contributed by atoms with Gasteiger partial charge in [-0.15, -0.1) is 0 Å². The Labute approximate surface area is 170 Å². The van der Waals surface area contributed by atoms with Gasteiger partial charge in [-0.05, 0) is 56.2 Å². The number of primary amides is 1. The molecule has 0 aliphatic heterocycles. The lowest BCUT2D eigenvalue weighted by Crippen LogP contribution is -2.26. The molecule has 1 aromatic carbocycles. The first-order valence-electron chi connectivity index (χ1n) is 10.4. The zero-order valence-corrected chi connectivity index (χ0v) is 16.7. The average molecular weight is 393 g/mol. The van der Waals surface area contributed by atoms with Gasteiger partial charge in [0, 0.05) is 24.1 Å². The topological polar surface area (TPSA) is 110 Å². The predicted molar refractivity (Wildman–Crippen MR) is 111 cm³/mol. The number of carbonyl (C=O) groups excluding carboxylic acids is 2. The second-order valence-corrected chi connectivity index (χ2v) is 7.89. The summed E-state index contributed by atoms with van der Waals surface area (Å²) < 4.78 is 0. The van der Waals surface area contributed by atoms with E-state index in [0.29, 0.717) is 18.3 Å². The Kier molecular flexibility index (Phi) is 5.47. The van der Waals surface area contributed by atoms with Crippen molar-refractivity contribution in [2.75, 3.05) is 11.9 Å². The Morgan fingerprint density at radius 2 is 1.97 bits per heavy atom. The van der Waals surface area contributed by atoms with E-state index in [1.165, 1.54) is 0 Å². The molecule has 0 radical (unpaired) electrons. The maximum Gasteiger partial charge on any atom is 0.271 e. The first-order chi connectivity index (χ1) is 14.0. The van der Waals surface area contributed by atoms with Crippen LogP contribution in [0.25, 0.3) is 0 Å². The molecular formula is C22H27N5O2. The normalized spacial score (nSPS) is 15.8. The minimum Gasteiger partial charge on any atom is -0.364 e. The van der Waals surface area contributed by atoms with Crippen LogP contribution in [0.4, 0.5) is 11.5 Å². The Morgan fingerprint density at radius 1 is 1.17 bits per heavy atom. The van der Waals surface area contributed by atoms with Crippen molar-refractivity contribution in [3.8, 4) is 0 Å². The van der Waals surface area contributed by atoms with Crippen LogP contribution in [0.3, 0.4) is 0 Å². The molecule has 0 spiro atoms. The summed E-state index contributed by atoms with van der Waals surface area (Å²) in [5.74, 6) is 0.637. The maximum absolute atomic E-state index is 11.9. The number of hydrogen-bond acceptors (Lipinski definition) is 5. The fourth-order valence-corrected chi connectivity index (χ4v) is 3.45. The van der Waals surface area contributed by atoms with Crippen LogP contribution in [0.1, 0.15) is 66.0 Å². The molecule has 2 aliphatic rings. The standard InChI is InChI=1S/C22H27N5O2/c1-2-17-18(14-6-7-14)27-21(19(26-17)20(23)28)25-16-5-3-4-13(12-16)10-11-24-22(29)15-8-9-15/h3-5,12,14-15H,2,6-11H2,1H3,(H2,23,28)(H,24,29)(H,25,27). The Bertz CT molecular complexity index is 935. The lowest BCUT2D eigenvalue weighted by atomic mass is 10.1. The zero-order chi connectivity index (χ0) is 20.4. The Balaban J connectivity index is 1.50. The van der Waals surface area contributed by atoms with Crippen molar-refractivity contribution in [1.29, 1.82) is 0 Å². The lowest BCUT2D eigenvalue weighted by molar-refractivity contribution is -0.122. The van der Waals surface area contributed by atoms with E-state index in [9.17, 15) is 9.59 Å². The summed E-state index contributed by atoms with van der Waals surface area (Å²) in [7, 11) is 0. The number of rotatable bonds is 9. The van der Waals surface area contributed by atoms with Gasteiger partial charge >= 0.3 is 0 Å². The van der Waals surface area contributed by atoms with Crippen molar-refractivity contribution in [3.05, 3.63) is 46.9 Å². The van der Waals surface area contributed by atoms with Crippen molar-refractivity contribution in [2.45, 2.75) is 51.4 Å². The van der Waals surface area contributed by atoms with Crippen LogP contribution >= 0.6 is 0 Å². The fourth-order valence-electron chi connectivity index (χ4n) is 3.45. The number of nitrogens with zero attached hydrogens (tertiary/aromatic N) is 2. The van der Waals surface area contributed by atoms with Crippen LogP contribution in [0.2, 0.25) is 0 Å². The molecule has 2 amide bonds. The number of aryl methyl sites for hydroxylation is 1. The molecule has 7 nitrogen and oxygen atoms in total. The third kappa shape index (κ3) is 4.72. The second-order valence-electron chi connectivity index (χ2n) is 7.89. The fraction of sp³-hybridized carbons (Fsp3) is 0.455. The van der Waals surface area contributed by atoms with Gasteiger partial charge < -0.3 is 16.4 Å². The van der Waals surface area contributed by atoms with Crippen molar-refractivity contribution in [3.63, 3.8) is 0 Å². The van der Waals surface area contributed by atoms with Gasteiger partial charge in [0.2, 0.25) is 5.91 Å². The largest absolute Gasteiger partial charge is 0.364 e. The average Bonchev–Trinajstić information content (AvgIpc) is 3.60. The SMILES string of the molecule is CCc1nc(C(N)=O)c(Nc2cccc(CCNC(=O)C3CC3)c2)nc1C1CC1. The van der Waals surface area contributed by atoms with Gasteiger partial charge in [0.05, 0.1) is 11.4 Å². The summed E-state index contributed by atoms with van der Waals surface area (Å²) in [5, 5.41) is 6.22. The second kappa shape index (κ2) is 8.19. The molecule has 7 heteroatoms. The molecular weight excluding hydrogens is 366 g/mol. The number of benzene rings is 1. The minimum absolute atomic E-state index is 0.157. The van der Waals surface area contributed by atoms with Crippen molar-refractivity contribution < 1.29 is 9.59 Å². The van der Waals surface area contributed by atoms with Crippen LogP contribution < -0.4 is 16.4 Å². The molecule has 2 saturated carbocycles. The molecule has 152 valence electrons. The van der Waals surface area contributed by atoms with E-state index in [4.69, 9.17) is 10.7 Å². The van der Waals surface area contributed by atoms with E-state index < -0.39 is 5.91 Å². The molecule has 4 N–H and O–H groups in total. The first-order valence-corrected chi connectivity index (χ1v) is 10.4. The molecule has 2 aromatic rings. The van der Waals surface area contributed by atoms with Crippen LogP contribution in [0, 0.1) is 5.92 Å². The number of nitrogens with two attached hydrogens (primary N) is 1. The smallest absolute Gasteiger partial charge is 0.271 e. The van der Waals surface area contributed by atoms with Gasteiger partial charge in [-0.1, -0.05) is 19.1 Å². The number of amides is 2. The number of aromatic nitrogens is 2. The van der Waals surface area contributed by atoms with E-state index in [2.05, 4.69) is 15.6 Å². The molecule has 29 heavy (non-hydrogen) atoms. The summed E-state index contributed by atoms with van der Waals surface area (Å²) in [4.78, 5) is 33.0. The molecule has 1 heterocycles. The van der Waals surface area contributed by atoms with Crippen molar-refractivity contribution >= 4 is 23.3 Å². The number of nitrogens with one attached hydrogen (secondary N) is 2.